The van der Waals surface area contributed by atoms with E-state index in [2.05, 4.69) is 6.07 Å². The maximum atomic E-state index is 10.4. The van der Waals surface area contributed by atoms with Crippen LogP contribution < -0.4 is 0 Å². The topological polar surface area (TPSA) is 114 Å². The van der Waals surface area contributed by atoms with Crippen molar-refractivity contribution in [3.63, 3.8) is 0 Å². The Morgan fingerprint density at radius 3 is 2.17 bits per heavy atom. The van der Waals surface area contributed by atoms with Gasteiger partial charge in [-0.1, -0.05) is 59.6 Å². The lowest BCUT2D eigenvalue weighted by Crippen LogP contribution is -2.57. The zero-order chi connectivity index (χ0) is 21.7. The molecule has 0 aromatic heterocycles. The number of rotatable bonds is 2. The van der Waals surface area contributed by atoms with Crippen molar-refractivity contribution >= 4 is 29.1 Å². The molecule has 0 aliphatic carbocycles. The van der Waals surface area contributed by atoms with Gasteiger partial charge in [0.1, 0.15) is 6.10 Å². The summed E-state index contributed by atoms with van der Waals surface area (Å²) >= 11 is 12.2. The Morgan fingerprint density at radius 1 is 0.933 bits per heavy atom. The van der Waals surface area contributed by atoms with E-state index in [0.29, 0.717) is 16.1 Å². The molecule has 0 radical (unpaired) electrons. The number of hydrogen-bond acceptors (Lipinski definition) is 6. The Labute approximate surface area is 183 Å². The van der Waals surface area contributed by atoms with Gasteiger partial charge >= 0.3 is 0 Å². The number of nitrogens with zero attached hydrogens (tertiary/aromatic N) is 3. The van der Waals surface area contributed by atoms with Crippen LogP contribution in [0.3, 0.4) is 0 Å². The number of benzene rings is 2. The van der Waals surface area contributed by atoms with Crippen LogP contribution in [0.2, 0.25) is 10.0 Å². The first kappa shape index (κ1) is 20.2. The van der Waals surface area contributed by atoms with Crippen molar-refractivity contribution in [3.8, 4) is 18.2 Å². The van der Waals surface area contributed by atoms with Crippen LogP contribution in [0.25, 0.3) is 0 Å². The van der Waals surface area contributed by atoms with Crippen molar-refractivity contribution < 1.29 is 9.47 Å². The number of nitriles is 3. The minimum Gasteiger partial charge on any atom is -0.447 e. The zero-order valence-corrected chi connectivity index (χ0v) is 17.2. The molecule has 2 aromatic carbocycles. The standard InChI is InChI=1S/C22H14Cl2N4O2/c1-20-17(13-5-3-2-4-6-13)22(12-27,19(28)30-20)21(10-25,11-26)18(29-20)14-7-8-15(23)16(24)9-14/h2-9,17-18,28H,1H3. The van der Waals surface area contributed by atoms with E-state index in [0.717, 1.165) is 0 Å². The summed E-state index contributed by atoms with van der Waals surface area (Å²) in [5, 5.41) is 40.0. The SMILES string of the molecule is CC12OC(=N)C(C#N)(C1c1ccccc1)C(C#N)(C#N)C(c1ccc(Cl)c(Cl)c1)O2. The largest absolute Gasteiger partial charge is 0.447 e. The molecule has 4 rings (SSSR count). The van der Waals surface area contributed by atoms with Crippen molar-refractivity contribution in [2.24, 2.45) is 10.8 Å². The first-order chi connectivity index (χ1) is 14.3. The monoisotopic (exact) mass is 436 g/mol. The summed E-state index contributed by atoms with van der Waals surface area (Å²) in [5.41, 5.74) is -2.96. The minimum absolute atomic E-state index is 0.215. The third kappa shape index (κ3) is 2.35. The van der Waals surface area contributed by atoms with Gasteiger partial charge in [0.2, 0.25) is 17.1 Å². The van der Waals surface area contributed by atoms with E-state index >= 15 is 0 Å². The van der Waals surface area contributed by atoms with Gasteiger partial charge in [0.25, 0.3) is 0 Å². The van der Waals surface area contributed by atoms with E-state index < -0.39 is 34.5 Å². The van der Waals surface area contributed by atoms with Gasteiger partial charge in [0.05, 0.1) is 34.2 Å². The van der Waals surface area contributed by atoms with Crippen LogP contribution in [0.15, 0.2) is 48.5 Å². The molecule has 1 N–H and O–H groups in total. The highest BCUT2D eigenvalue weighted by molar-refractivity contribution is 6.42. The Hall–Kier alpha value is -3.08. The van der Waals surface area contributed by atoms with Crippen molar-refractivity contribution in [3.05, 3.63) is 69.7 Å². The Kier molecular flexibility index (Phi) is 4.53. The number of ether oxygens (including phenoxy) is 2. The van der Waals surface area contributed by atoms with Crippen LogP contribution >= 0.6 is 23.2 Å². The molecule has 2 saturated heterocycles. The number of fused-ring (bicyclic) bond motifs is 2. The highest BCUT2D eigenvalue weighted by Crippen LogP contribution is 2.69. The van der Waals surface area contributed by atoms with Gasteiger partial charge in [-0.15, -0.1) is 0 Å². The predicted octanol–water partition coefficient (Wildman–Crippen LogP) is 5.12. The maximum Gasteiger partial charge on any atom is 0.218 e. The summed E-state index contributed by atoms with van der Waals surface area (Å²) < 4.78 is 12.0. The maximum absolute atomic E-state index is 10.4. The Morgan fingerprint density at radius 2 is 1.60 bits per heavy atom. The smallest absolute Gasteiger partial charge is 0.218 e. The number of nitrogens with one attached hydrogen (secondary N) is 1. The van der Waals surface area contributed by atoms with Crippen molar-refractivity contribution in [1.29, 1.82) is 21.2 Å². The summed E-state index contributed by atoms with van der Waals surface area (Å²) in [5.74, 6) is -2.80. The summed E-state index contributed by atoms with van der Waals surface area (Å²) in [6.45, 7) is 1.61. The fraction of sp³-hybridized carbons (Fsp3) is 0.273. The van der Waals surface area contributed by atoms with E-state index in [4.69, 9.17) is 38.1 Å². The molecule has 2 heterocycles. The molecular weight excluding hydrogens is 423 g/mol. The average molecular weight is 437 g/mol. The van der Waals surface area contributed by atoms with Gasteiger partial charge in [-0.05, 0) is 23.3 Å². The molecule has 4 unspecified atom stereocenters. The van der Waals surface area contributed by atoms with Crippen molar-refractivity contribution in [2.45, 2.75) is 24.7 Å². The van der Waals surface area contributed by atoms with Crippen molar-refractivity contribution in [1.82, 2.24) is 0 Å². The second kappa shape index (κ2) is 6.73. The fourth-order valence-corrected chi connectivity index (χ4v) is 4.91. The zero-order valence-electron chi connectivity index (χ0n) is 15.7. The molecule has 2 fully saturated rings. The van der Waals surface area contributed by atoms with Crippen LogP contribution in [0.4, 0.5) is 0 Å². The van der Waals surface area contributed by atoms with Crippen LogP contribution in [0.1, 0.15) is 30.1 Å². The van der Waals surface area contributed by atoms with Crippen LogP contribution in [-0.4, -0.2) is 11.7 Å². The first-order valence-electron chi connectivity index (χ1n) is 8.99. The number of halogens is 2. The molecule has 30 heavy (non-hydrogen) atoms. The molecule has 0 amide bonds. The van der Waals surface area contributed by atoms with Gasteiger partial charge in [0.15, 0.2) is 5.41 Å². The Bertz CT molecular complexity index is 1170. The van der Waals surface area contributed by atoms with Crippen LogP contribution in [0.5, 0.6) is 0 Å². The lowest BCUT2D eigenvalue weighted by Gasteiger charge is -2.48. The molecule has 8 heteroatoms. The molecule has 2 aliphatic rings. The fourth-order valence-electron chi connectivity index (χ4n) is 4.61. The predicted molar refractivity (Wildman–Crippen MR) is 108 cm³/mol. The quantitative estimate of drug-likeness (QED) is 0.701. The van der Waals surface area contributed by atoms with E-state index in [1.165, 1.54) is 12.1 Å². The van der Waals surface area contributed by atoms with Gasteiger partial charge in [0, 0.05) is 6.92 Å². The average Bonchev–Trinajstić information content (AvgIpc) is 2.93. The van der Waals surface area contributed by atoms with Crippen molar-refractivity contribution in [2.75, 3.05) is 0 Å². The minimum atomic E-state index is -2.08. The first-order valence-corrected chi connectivity index (χ1v) is 9.74. The summed E-state index contributed by atoms with van der Waals surface area (Å²) in [6.07, 6.45) is -1.20. The summed E-state index contributed by atoms with van der Waals surface area (Å²) in [6, 6.07) is 19.6. The molecule has 4 atom stereocenters. The van der Waals surface area contributed by atoms with Gasteiger partial charge in [-0.3, -0.25) is 5.41 Å². The third-order valence-electron chi connectivity index (χ3n) is 5.90. The molecule has 0 saturated carbocycles. The van der Waals surface area contributed by atoms with E-state index in [9.17, 15) is 15.8 Å². The second-order valence-electron chi connectivity index (χ2n) is 7.41. The van der Waals surface area contributed by atoms with Gasteiger partial charge < -0.3 is 9.47 Å². The highest BCUT2D eigenvalue weighted by atomic mass is 35.5. The lowest BCUT2D eigenvalue weighted by atomic mass is 9.52. The van der Waals surface area contributed by atoms with E-state index in [1.54, 1.807) is 37.3 Å². The number of hydrogen-bond donors (Lipinski definition) is 1. The molecule has 2 aliphatic heterocycles. The summed E-state index contributed by atoms with van der Waals surface area (Å²) in [4.78, 5) is 0. The summed E-state index contributed by atoms with van der Waals surface area (Å²) in [7, 11) is 0. The molecule has 2 aromatic rings. The molecule has 2 bridgehead atoms. The lowest BCUT2D eigenvalue weighted by molar-refractivity contribution is -0.253. The van der Waals surface area contributed by atoms with E-state index in [-0.39, 0.29) is 5.02 Å². The van der Waals surface area contributed by atoms with E-state index in [1.807, 2.05) is 18.2 Å². The molecular formula is C22H14Cl2N4O2. The highest BCUT2D eigenvalue weighted by Gasteiger charge is 2.79. The Balaban J connectivity index is 2.04. The molecule has 148 valence electrons. The molecule has 6 nitrogen and oxygen atoms in total. The normalized spacial score (nSPS) is 31.1. The van der Waals surface area contributed by atoms with Crippen LogP contribution in [-0.2, 0) is 9.47 Å². The van der Waals surface area contributed by atoms with Gasteiger partial charge in [-0.2, -0.15) is 15.8 Å². The van der Waals surface area contributed by atoms with Gasteiger partial charge in [-0.25, -0.2) is 0 Å². The second-order valence-corrected chi connectivity index (χ2v) is 8.23. The molecule has 0 spiro atoms. The van der Waals surface area contributed by atoms with Crippen LogP contribution in [0, 0.1) is 50.2 Å². The third-order valence-corrected chi connectivity index (χ3v) is 6.63.